The molecule has 0 unspecified atom stereocenters. The highest BCUT2D eigenvalue weighted by molar-refractivity contribution is 5.94. The maximum Gasteiger partial charge on any atom is 0.303 e. The van der Waals surface area contributed by atoms with Crippen molar-refractivity contribution in [3.8, 4) is 0 Å². The van der Waals surface area contributed by atoms with Gasteiger partial charge in [0.25, 0.3) is 0 Å². The van der Waals surface area contributed by atoms with Gasteiger partial charge in [0, 0.05) is 11.8 Å². The number of carboxylic acids is 1. The van der Waals surface area contributed by atoms with E-state index in [2.05, 4.69) is 17.3 Å². The van der Waals surface area contributed by atoms with E-state index in [1.54, 1.807) is 0 Å². The minimum absolute atomic E-state index is 0.169. The van der Waals surface area contributed by atoms with Gasteiger partial charge in [0.05, 0.1) is 5.71 Å². The molecule has 120 valence electrons. The van der Waals surface area contributed by atoms with Crippen molar-refractivity contribution in [3.05, 3.63) is 35.9 Å². The Morgan fingerprint density at radius 1 is 1.05 bits per heavy atom. The van der Waals surface area contributed by atoms with Crippen molar-refractivity contribution in [1.82, 2.24) is 0 Å². The smallest absolute Gasteiger partial charge is 0.303 e. The standard InChI is InChI=1S/C18H25NO3/c20-17(21)12-6-5-11-16(19-22)18(13-7-2-8-14-18)15-9-3-1-4-10-15/h1,3-4,9-10,22H,2,5-8,11-14H2,(H,20,21)/b19-16+. The lowest BCUT2D eigenvalue weighted by Crippen LogP contribution is -2.38. The summed E-state index contributed by atoms with van der Waals surface area (Å²) in [5, 5.41) is 22.0. The molecule has 0 bridgehead atoms. The van der Waals surface area contributed by atoms with Gasteiger partial charge in [-0.2, -0.15) is 0 Å². The van der Waals surface area contributed by atoms with Crippen LogP contribution in [-0.2, 0) is 10.2 Å². The molecule has 0 atom stereocenters. The third-order valence-electron chi connectivity index (χ3n) is 4.76. The zero-order valence-corrected chi connectivity index (χ0v) is 13.0. The minimum atomic E-state index is -0.766. The molecule has 1 aliphatic carbocycles. The fraction of sp³-hybridized carbons (Fsp3) is 0.556. The molecular formula is C18H25NO3. The van der Waals surface area contributed by atoms with Crippen molar-refractivity contribution < 1.29 is 15.1 Å². The molecule has 2 N–H and O–H groups in total. The fourth-order valence-electron chi connectivity index (χ4n) is 3.61. The Kier molecular flexibility index (Phi) is 5.99. The van der Waals surface area contributed by atoms with Crippen LogP contribution < -0.4 is 0 Å². The average Bonchev–Trinajstić information content (AvgIpc) is 2.56. The third-order valence-corrected chi connectivity index (χ3v) is 4.76. The summed E-state index contributed by atoms with van der Waals surface area (Å²) in [6.07, 6.45) is 7.75. The van der Waals surface area contributed by atoms with Gasteiger partial charge in [-0.05, 0) is 37.7 Å². The fourth-order valence-corrected chi connectivity index (χ4v) is 3.61. The van der Waals surface area contributed by atoms with Crippen LogP contribution in [0.4, 0.5) is 0 Å². The zero-order chi connectivity index (χ0) is 15.8. The zero-order valence-electron chi connectivity index (χ0n) is 13.0. The number of hydrogen-bond donors (Lipinski definition) is 2. The van der Waals surface area contributed by atoms with E-state index in [0.717, 1.165) is 37.8 Å². The minimum Gasteiger partial charge on any atom is -0.481 e. The lowest BCUT2D eigenvalue weighted by atomic mass is 9.65. The number of oxime groups is 1. The molecule has 0 aromatic heterocycles. The van der Waals surface area contributed by atoms with E-state index >= 15 is 0 Å². The Bertz CT molecular complexity index is 504. The van der Waals surface area contributed by atoms with Gasteiger partial charge in [-0.25, -0.2) is 0 Å². The Hall–Kier alpha value is -1.84. The van der Waals surface area contributed by atoms with Gasteiger partial charge in [0.1, 0.15) is 0 Å². The summed E-state index contributed by atoms with van der Waals surface area (Å²) in [7, 11) is 0. The Morgan fingerprint density at radius 2 is 1.68 bits per heavy atom. The van der Waals surface area contributed by atoms with Gasteiger partial charge < -0.3 is 10.3 Å². The van der Waals surface area contributed by atoms with Crippen molar-refractivity contribution in [3.63, 3.8) is 0 Å². The number of carbonyl (C=O) groups is 1. The molecule has 0 radical (unpaired) electrons. The first-order valence-corrected chi connectivity index (χ1v) is 8.18. The molecule has 2 rings (SSSR count). The van der Waals surface area contributed by atoms with Gasteiger partial charge in [0.15, 0.2) is 0 Å². The maximum absolute atomic E-state index is 10.6. The number of aliphatic carboxylic acids is 1. The molecule has 4 nitrogen and oxygen atoms in total. The van der Waals surface area contributed by atoms with E-state index in [0.29, 0.717) is 12.8 Å². The normalized spacial score (nSPS) is 18.1. The first-order chi connectivity index (χ1) is 10.7. The summed E-state index contributed by atoms with van der Waals surface area (Å²) in [5.74, 6) is -0.766. The third kappa shape index (κ3) is 3.87. The molecule has 1 aliphatic rings. The SMILES string of the molecule is O=C(O)CCCC/C(=N\O)C1(c2ccccc2)CCCCC1. The largest absolute Gasteiger partial charge is 0.481 e. The van der Waals surface area contributed by atoms with Crippen molar-refractivity contribution in [2.75, 3.05) is 0 Å². The quantitative estimate of drug-likeness (QED) is 0.340. The van der Waals surface area contributed by atoms with Crippen LogP contribution in [0.1, 0.15) is 63.4 Å². The number of nitrogens with zero attached hydrogens (tertiary/aromatic N) is 1. The first kappa shape index (κ1) is 16.5. The molecule has 1 fully saturated rings. The van der Waals surface area contributed by atoms with E-state index in [-0.39, 0.29) is 11.8 Å². The first-order valence-electron chi connectivity index (χ1n) is 8.18. The lowest BCUT2D eigenvalue weighted by molar-refractivity contribution is -0.137. The number of benzene rings is 1. The molecule has 4 heteroatoms. The van der Waals surface area contributed by atoms with Crippen LogP contribution in [0, 0.1) is 0 Å². The van der Waals surface area contributed by atoms with Crippen molar-refractivity contribution in [2.24, 2.45) is 5.16 Å². The summed E-state index contributed by atoms with van der Waals surface area (Å²) >= 11 is 0. The molecule has 1 saturated carbocycles. The summed E-state index contributed by atoms with van der Waals surface area (Å²) in [4.78, 5) is 10.6. The second-order valence-corrected chi connectivity index (χ2v) is 6.16. The van der Waals surface area contributed by atoms with Crippen LogP contribution in [0.3, 0.4) is 0 Å². The molecule has 0 heterocycles. The molecule has 22 heavy (non-hydrogen) atoms. The van der Waals surface area contributed by atoms with Crippen LogP contribution in [0.5, 0.6) is 0 Å². The van der Waals surface area contributed by atoms with E-state index < -0.39 is 5.97 Å². The van der Waals surface area contributed by atoms with Gasteiger partial charge >= 0.3 is 5.97 Å². The molecular weight excluding hydrogens is 278 g/mol. The van der Waals surface area contributed by atoms with Crippen LogP contribution in [0.2, 0.25) is 0 Å². The molecule has 1 aromatic rings. The number of carboxylic acid groups (broad SMARTS) is 1. The highest BCUT2D eigenvalue weighted by atomic mass is 16.4. The number of unbranched alkanes of at least 4 members (excludes halogenated alkanes) is 1. The summed E-state index contributed by atoms with van der Waals surface area (Å²) < 4.78 is 0. The summed E-state index contributed by atoms with van der Waals surface area (Å²) in [6, 6.07) is 10.3. The van der Waals surface area contributed by atoms with Gasteiger partial charge in [-0.1, -0.05) is 54.8 Å². The lowest BCUT2D eigenvalue weighted by Gasteiger charge is -2.38. The van der Waals surface area contributed by atoms with E-state index in [1.165, 1.54) is 12.0 Å². The number of hydrogen-bond acceptors (Lipinski definition) is 3. The van der Waals surface area contributed by atoms with Crippen molar-refractivity contribution >= 4 is 11.7 Å². The van der Waals surface area contributed by atoms with Crippen LogP contribution in [-0.4, -0.2) is 22.0 Å². The topological polar surface area (TPSA) is 69.9 Å². The van der Waals surface area contributed by atoms with Crippen LogP contribution in [0.25, 0.3) is 0 Å². The molecule has 1 aromatic carbocycles. The molecule has 0 amide bonds. The van der Waals surface area contributed by atoms with Crippen LogP contribution in [0.15, 0.2) is 35.5 Å². The highest BCUT2D eigenvalue weighted by Gasteiger charge is 2.38. The Labute approximate surface area is 131 Å². The van der Waals surface area contributed by atoms with Gasteiger partial charge in [0.2, 0.25) is 0 Å². The monoisotopic (exact) mass is 303 g/mol. The molecule has 0 saturated heterocycles. The molecule has 0 spiro atoms. The van der Waals surface area contributed by atoms with E-state index in [9.17, 15) is 10.0 Å². The second-order valence-electron chi connectivity index (χ2n) is 6.16. The van der Waals surface area contributed by atoms with Crippen molar-refractivity contribution in [2.45, 2.75) is 63.2 Å². The van der Waals surface area contributed by atoms with E-state index in [1.807, 2.05) is 18.2 Å². The second kappa shape index (κ2) is 7.97. The summed E-state index contributed by atoms with van der Waals surface area (Å²) in [6.45, 7) is 0. The van der Waals surface area contributed by atoms with E-state index in [4.69, 9.17) is 5.11 Å². The van der Waals surface area contributed by atoms with Gasteiger partial charge in [-0.15, -0.1) is 0 Å². The number of rotatable bonds is 7. The Morgan fingerprint density at radius 3 is 2.27 bits per heavy atom. The predicted molar refractivity (Wildman–Crippen MR) is 86.5 cm³/mol. The summed E-state index contributed by atoms with van der Waals surface area (Å²) in [5.41, 5.74) is 1.88. The maximum atomic E-state index is 10.6. The predicted octanol–water partition coefficient (Wildman–Crippen LogP) is 4.36. The highest BCUT2D eigenvalue weighted by Crippen LogP contribution is 2.41. The van der Waals surface area contributed by atoms with Crippen molar-refractivity contribution in [1.29, 1.82) is 0 Å². The van der Waals surface area contributed by atoms with Gasteiger partial charge in [-0.3, -0.25) is 4.79 Å². The van der Waals surface area contributed by atoms with Crippen LogP contribution >= 0.6 is 0 Å². The Balaban J connectivity index is 2.15. The molecule has 0 aliphatic heterocycles. The average molecular weight is 303 g/mol.